The summed E-state index contributed by atoms with van der Waals surface area (Å²) in [5.74, 6) is -0.583. The second-order valence-corrected chi connectivity index (χ2v) is 5.22. The van der Waals surface area contributed by atoms with Gasteiger partial charge in [-0.15, -0.1) is 0 Å². The SMILES string of the molecule is NCC(O)C(c1ccccc1)c1ccc(F)c(Br)c1. The molecule has 0 aliphatic carbocycles. The Balaban J connectivity index is 2.46. The van der Waals surface area contributed by atoms with E-state index < -0.39 is 6.10 Å². The fourth-order valence-corrected chi connectivity index (χ4v) is 2.54. The first-order chi connectivity index (χ1) is 9.13. The number of rotatable bonds is 4. The minimum atomic E-state index is -0.709. The summed E-state index contributed by atoms with van der Waals surface area (Å²) in [5.41, 5.74) is 7.37. The Labute approximate surface area is 120 Å². The lowest BCUT2D eigenvalue weighted by Crippen LogP contribution is -2.28. The van der Waals surface area contributed by atoms with Gasteiger partial charge in [0.05, 0.1) is 10.6 Å². The van der Waals surface area contributed by atoms with E-state index in [2.05, 4.69) is 15.9 Å². The molecule has 0 aromatic heterocycles. The van der Waals surface area contributed by atoms with Gasteiger partial charge in [-0.25, -0.2) is 4.39 Å². The molecule has 0 aliphatic rings. The molecule has 0 aliphatic heterocycles. The fraction of sp³-hybridized carbons (Fsp3) is 0.200. The summed E-state index contributed by atoms with van der Waals surface area (Å²) in [4.78, 5) is 0. The number of hydrogen-bond acceptors (Lipinski definition) is 2. The van der Waals surface area contributed by atoms with Gasteiger partial charge in [-0.05, 0) is 39.2 Å². The van der Waals surface area contributed by atoms with Gasteiger partial charge >= 0.3 is 0 Å². The van der Waals surface area contributed by atoms with E-state index in [9.17, 15) is 9.50 Å². The summed E-state index contributed by atoms with van der Waals surface area (Å²) in [6, 6.07) is 14.3. The van der Waals surface area contributed by atoms with Crippen LogP contribution in [0.3, 0.4) is 0 Å². The molecular formula is C15H15BrFNO. The normalized spacial score (nSPS) is 14.1. The topological polar surface area (TPSA) is 46.2 Å². The van der Waals surface area contributed by atoms with E-state index in [1.807, 2.05) is 30.3 Å². The molecule has 0 fully saturated rings. The molecule has 2 aromatic carbocycles. The molecule has 0 saturated carbocycles. The first-order valence-electron chi connectivity index (χ1n) is 6.01. The van der Waals surface area contributed by atoms with Crippen molar-refractivity contribution in [3.63, 3.8) is 0 Å². The second kappa shape index (κ2) is 6.28. The van der Waals surface area contributed by atoms with Crippen LogP contribution in [-0.4, -0.2) is 17.8 Å². The third-order valence-electron chi connectivity index (χ3n) is 3.09. The monoisotopic (exact) mass is 323 g/mol. The van der Waals surface area contributed by atoms with Crippen molar-refractivity contribution in [3.8, 4) is 0 Å². The average Bonchev–Trinajstić information content (AvgIpc) is 2.44. The highest BCUT2D eigenvalue weighted by Crippen LogP contribution is 2.30. The molecule has 0 heterocycles. The van der Waals surface area contributed by atoms with Crippen LogP contribution in [0.15, 0.2) is 53.0 Å². The fourth-order valence-electron chi connectivity index (χ4n) is 2.14. The zero-order chi connectivity index (χ0) is 13.8. The zero-order valence-electron chi connectivity index (χ0n) is 10.3. The van der Waals surface area contributed by atoms with Gasteiger partial charge in [0.15, 0.2) is 0 Å². The summed E-state index contributed by atoms with van der Waals surface area (Å²) < 4.78 is 13.7. The molecule has 100 valence electrons. The van der Waals surface area contributed by atoms with Crippen LogP contribution < -0.4 is 5.73 Å². The van der Waals surface area contributed by atoms with Crippen LogP contribution in [0.4, 0.5) is 4.39 Å². The van der Waals surface area contributed by atoms with Gasteiger partial charge in [-0.3, -0.25) is 0 Å². The van der Waals surface area contributed by atoms with Gasteiger partial charge in [0, 0.05) is 12.5 Å². The van der Waals surface area contributed by atoms with Crippen LogP contribution in [0.2, 0.25) is 0 Å². The molecule has 0 amide bonds. The van der Waals surface area contributed by atoms with Crippen molar-refractivity contribution in [2.75, 3.05) is 6.54 Å². The molecule has 19 heavy (non-hydrogen) atoms. The molecule has 3 N–H and O–H groups in total. The Bertz CT molecular complexity index is 547. The van der Waals surface area contributed by atoms with Crippen LogP contribution in [0.25, 0.3) is 0 Å². The van der Waals surface area contributed by atoms with E-state index in [4.69, 9.17) is 5.73 Å². The van der Waals surface area contributed by atoms with E-state index >= 15 is 0 Å². The molecule has 2 unspecified atom stereocenters. The van der Waals surface area contributed by atoms with Crippen LogP contribution in [0.5, 0.6) is 0 Å². The minimum Gasteiger partial charge on any atom is -0.391 e. The van der Waals surface area contributed by atoms with E-state index in [0.717, 1.165) is 11.1 Å². The second-order valence-electron chi connectivity index (χ2n) is 4.36. The molecule has 2 nitrogen and oxygen atoms in total. The smallest absolute Gasteiger partial charge is 0.137 e. The highest BCUT2D eigenvalue weighted by molar-refractivity contribution is 9.10. The zero-order valence-corrected chi connectivity index (χ0v) is 11.8. The third-order valence-corrected chi connectivity index (χ3v) is 3.70. The number of halogens is 2. The van der Waals surface area contributed by atoms with Crippen molar-refractivity contribution in [2.45, 2.75) is 12.0 Å². The van der Waals surface area contributed by atoms with E-state index in [-0.39, 0.29) is 18.3 Å². The maximum Gasteiger partial charge on any atom is 0.137 e. The predicted octanol–water partition coefficient (Wildman–Crippen LogP) is 3.04. The molecule has 2 aromatic rings. The molecule has 2 rings (SSSR count). The highest BCUT2D eigenvalue weighted by Gasteiger charge is 2.22. The maximum atomic E-state index is 13.3. The van der Waals surface area contributed by atoms with Gasteiger partial charge in [0.2, 0.25) is 0 Å². The van der Waals surface area contributed by atoms with Crippen LogP contribution in [0.1, 0.15) is 17.0 Å². The summed E-state index contributed by atoms with van der Waals surface area (Å²) in [6.45, 7) is 0.147. The first-order valence-corrected chi connectivity index (χ1v) is 6.81. The standard InChI is InChI=1S/C15H15BrFNO/c16-12-8-11(6-7-13(12)17)15(14(19)9-18)10-4-2-1-3-5-10/h1-8,14-15,19H,9,18H2. The largest absolute Gasteiger partial charge is 0.391 e. The lowest BCUT2D eigenvalue weighted by Gasteiger charge is -2.23. The number of benzene rings is 2. The quantitative estimate of drug-likeness (QED) is 0.908. The Hall–Kier alpha value is -1.23. The lowest BCUT2D eigenvalue weighted by molar-refractivity contribution is 0.164. The summed E-state index contributed by atoms with van der Waals surface area (Å²) >= 11 is 3.17. The van der Waals surface area contributed by atoms with Crippen molar-refractivity contribution in [2.24, 2.45) is 5.73 Å². The van der Waals surface area contributed by atoms with Crippen LogP contribution in [-0.2, 0) is 0 Å². The predicted molar refractivity (Wildman–Crippen MR) is 77.4 cm³/mol. The van der Waals surface area contributed by atoms with Gasteiger partial charge in [0.1, 0.15) is 5.82 Å². The molecule has 2 atom stereocenters. The molecular weight excluding hydrogens is 309 g/mol. The van der Waals surface area contributed by atoms with Gasteiger partial charge < -0.3 is 10.8 Å². The van der Waals surface area contributed by atoms with Gasteiger partial charge in [-0.1, -0.05) is 36.4 Å². The Morgan fingerprint density at radius 1 is 1.11 bits per heavy atom. The van der Waals surface area contributed by atoms with Crippen molar-refractivity contribution in [1.82, 2.24) is 0 Å². The van der Waals surface area contributed by atoms with Crippen molar-refractivity contribution >= 4 is 15.9 Å². The Morgan fingerprint density at radius 3 is 2.37 bits per heavy atom. The average molecular weight is 324 g/mol. The van der Waals surface area contributed by atoms with E-state index in [1.54, 1.807) is 12.1 Å². The van der Waals surface area contributed by atoms with E-state index in [0.29, 0.717) is 4.47 Å². The van der Waals surface area contributed by atoms with Gasteiger partial charge in [0.25, 0.3) is 0 Å². The van der Waals surface area contributed by atoms with Crippen molar-refractivity contribution in [1.29, 1.82) is 0 Å². The maximum absolute atomic E-state index is 13.3. The minimum absolute atomic E-state index is 0.147. The Morgan fingerprint density at radius 2 is 1.79 bits per heavy atom. The van der Waals surface area contributed by atoms with Crippen LogP contribution in [0, 0.1) is 5.82 Å². The first kappa shape index (κ1) is 14.2. The van der Waals surface area contributed by atoms with Gasteiger partial charge in [-0.2, -0.15) is 0 Å². The highest BCUT2D eigenvalue weighted by atomic mass is 79.9. The third kappa shape index (κ3) is 3.21. The number of hydrogen-bond donors (Lipinski definition) is 2. The molecule has 0 saturated heterocycles. The number of nitrogens with two attached hydrogens (primary N) is 1. The molecule has 0 radical (unpaired) electrons. The molecule has 0 spiro atoms. The summed E-state index contributed by atoms with van der Waals surface area (Å²) in [6.07, 6.45) is -0.709. The lowest BCUT2D eigenvalue weighted by atomic mass is 9.86. The van der Waals surface area contributed by atoms with E-state index in [1.165, 1.54) is 6.07 Å². The summed E-state index contributed by atoms with van der Waals surface area (Å²) in [7, 11) is 0. The van der Waals surface area contributed by atoms with Crippen LogP contribution >= 0.6 is 15.9 Å². The van der Waals surface area contributed by atoms with Crippen molar-refractivity contribution in [3.05, 3.63) is 69.9 Å². The number of aliphatic hydroxyl groups excluding tert-OH is 1. The summed E-state index contributed by atoms with van der Waals surface area (Å²) in [5, 5.41) is 10.2. The molecule has 0 bridgehead atoms. The molecule has 4 heteroatoms. The Kier molecular flexibility index (Phi) is 4.69. The van der Waals surface area contributed by atoms with Crippen molar-refractivity contribution < 1.29 is 9.50 Å². The number of aliphatic hydroxyl groups is 1.